The summed E-state index contributed by atoms with van der Waals surface area (Å²) in [5, 5.41) is 6.66. The van der Waals surface area contributed by atoms with Crippen LogP contribution in [0.15, 0.2) is 191 Å². The van der Waals surface area contributed by atoms with Crippen molar-refractivity contribution in [2.45, 2.75) is 0 Å². The summed E-state index contributed by atoms with van der Waals surface area (Å²) in [4.78, 5) is 15.1. The van der Waals surface area contributed by atoms with Crippen molar-refractivity contribution in [2.24, 2.45) is 0 Å². The van der Waals surface area contributed by atoms with Crippen molar-refractivity contribution in [3.05, 3.63) is 182 Å². The number of hydrogen-bond donors (Lipinski definition) is 0. The van der Waals surface area contributed by atoms with Crippen LogP contribution in [0.4, 0.5) is 0 Å². The minimum absolute atomic E-state index is 0.558. The van der Waals surface area contributed by atoms with E-state index < -0.39 is 0 Å². The molecule has 12 aromatic rings. The minimum atomic E-state index is 0.558. The largest absolute Gasteiger partial charge is 0.456 e. The molecule has 6 heteroatoms. The van der Waals surface area contributed by atoms with E-state index in [1.807, 2.05) is 60.7 Å². The number of fused-ring (bicyclic) bond motifs is 9. The van der Waals surface area contributed by atoms with Gasteiger partial charge in [-0.2, -0.15) is 0 Å². The summed E-state index contributed by atoms with van der Waals surface area (Å²) in [6, 6.07) is 62.7. The SMILES string of the molecule is c1ccc(-c2nc(-c3ccc4c(c3)oc3ccccc34)nc(-c3ccc4c(c3)oc3c(-c5ccccc5-n5c6ccccc6c6ccccc65)cccc34)n2)cc1. The smallest absolute Gasteiger partial charge is 0.164 e. The number of para-hydroxylation sites is 5. The second-order valence-corrected chi connectivity index (χ2v) is 14.4. The van der Waals surface area contributed by atoms with Gasteiger partial charge in [0.05, 0.1) is 16.7 Å². The first-order chi connectivity index (χ1) is 28.2. The second-order valence-electron chi connectivity index (χ2n) is 14.4. The van der Waals surface area contributed by atoms with E-state index in [0.29, 0.717) is 17.5 Å². The van der Waals surface area contributed by atoms with Gasteiger partial charge in [0.25, 0.3) is 0 Å². The molecular weight excluding hydrogens is 701 g/mol. The predicted molar refractivity (Wildman–Crippen MR) is 230 cm³/mol. The molecule has 0 aliphatic heterocycles. The summed E-state index contributed by atoms with van der Waals surface area (Å²) in [5.74, 6) is 1.71. The molecule has 4 aromatic heterocycles. The molecule has 0 fully saturated rings. The Kier molecular flexibility index (Phi) is 6.83. The molecule has 0 N–H and O–H groups in total. The molecule has 6 nitrogen and oxygen atoms in total. The molecule has 12 rings (SSSR count). The molecule has 0 bridgehead atoms. The van der Waals surface area contributed by atoms with Crippen molar-refractivity contribution < 1.29 is 8.83 Å². The Hall–Kier alpha value is -7.83. The monoisotopic (exact) mass is 730 g/mol. The van der Waals surface area contributed by atoms with E-state index >= 15 is 0 Å². The van der Waals surface area contributed by atoms with Gasteiger partial charge in [-0.05, 0) is 48.5 Å². The molecule has 0 aliphatic carbocycles. The summed E-state index contributed by atoms with van der Waals surface area (Å²) >= 11 is 0. The first-order valence-electron chi connectivity index (χ1n) is 19.0. The van der Waals surface area contributed by atoms with Crippen LogP contribution in [0.5, 0.6) is 0 Å². The summed E-state index contributed by atoms with van der Waals surface area (Å²) in [6.07, 6.45) is 0. The molecule has 266 valence electrons. The van der Waals surface area contributed by atoms with Gasteiger partial charge in [0.2, 0.25) is 0 Å². The van der Waals surface area contributed by atoms with Gasteiger partial charge in [-0.1, -0.05) is 133 Å². The van der Waals surface area contributed by atoms with Gasteiger partial charge in [0, 0.05) is 60.1 Å². The number of hydrogen-bond acceptors (Lipinski definition) is 5. The fourth-order valence-electron chi connectivity index (χ4n) is 8.44. The highest BCUT2D eigenvalue weighted by Crippen LogP contribution is 2.41. The molecule has 0 saturated carbocycles. The zero-order valence-electron chi connectivity index (χ0n) is 30.4. The topological polar surface area (TPSA) is 69.9 Å². The predicted octanol–water partition coefficient (Wildman–Crippen LogP) is 13.4. The number of nitrogens with zero attached hydrogens (tertiary/aromatic N) is 4. The molecule has 0 atom stereocenters. The highest BCUT2D eigenvalue weighted by molar-refractivity contribution is 6.13. The summed E-state index contributed by atoms with van der Waals surface area (Å²) < 4.78 is 15.5. The van der Waals surface area contributed by atoms with E-state index in [1.165, 1.54) is 10.8 Å². The molecule has 8 aromatic carbocycles. The standard InChI is InChI=1S/C51H30N4O2/c1-2-13-31(14-3-1)49-52-50(32-25-27-38-37-18-7-11-24-45(37)56-46(38)29-32)54-51(53-49)33-26-28-39-41-20-12-19-40(48(41)57-47(39)30-33)36-17-6-10-23-44(36)55-42-21-8-4-15-34(42)35-16-5-9-22-43(35)55/h1-30H. The van der Waals surface area contributed by atoms with Crippen LogP contribution in [-0.2, 0) is 0 Å². The molecule has 0 unspecified atom stereocenters. The van der Waals surface area contributed by atoms with Crippen LogP contribution in [0.25, 0.3) is 117 Å². The highest BCUT2D eigenvalue weighted by Gasteiger charge is 2.20. The molecule has 4 heterocycles. The quantitative estimate of drug-likeness (QED) is 0.176. The molecule has 0 amide bonds. The van der Waals surface area contributed by atoms with Crippen molar-refractivity contribution in [1.29, 1.82) is 0 Å². The summed E-state index contributed by atoms with van der Waals surface area (Å²) in [5.41, 5.74) is 11.3. The zero-order valence-corrected chi connectivity index (χ0v) is 30.4. The lowest BCUT2D eigenvalue weighted by molar-refractivity contribution is 0.669. The highest BCUT2D eigenvalue weighted by atomic mass is 16.3. The average Bonchev–Trinajstić information content (AvgIpc) is 3.95. The first kappa shape index (κ1) is 31.5. The van der Waals surface area contributed by atoms with Crippen LogP contribution < -0.4 is 0 Å². The van der Waals surface area contributed by atoms with Gasteiger partial charge in [0.15, 0.2) is 17.5 Å². The minimum Gasteiger partial charge on any atom is -0.456 e. The average molecular weight is 731 g/mol. The molecule has 0 radical (unpaired) electrons. The lowest BCUT2D eigenvalue weighted by Gasteiger charge is -2.14. The van der Waals surface area contributed by atoms with Crippen LogP contribution in [0.3, 0.4) is 0 Å². The second kappa shape index (κ2) is 12.3. The Labute approximate surface area is 325 Å². The van der Waals surface area contributed by atoms with Crippen molar-refractivity contribution in [3.8, 4) is 51.0 Å². The lowest BCUT2D eigenvalue weighted by atomic mass is 10.00. The van der Waals surface area contributed by atoms with Crippen LogP contribution >= 0.6 is 0 Å². The maximum atomic E-state index is 6.86. The Bertz CT molecular complexity index is 3490. The Balaban J connectivity index is 1.02. The Morgan fingerprint density at radius 1 is 0.333 bits per heavy atom. The maximum Gasteiger partial charge on any atom is 0.164 e. The van der Waals surface area contributed by atoms with Crippen LogP contribution in [0.2, 0.25) is 0 Å². The third-order valence-corrected chi connectivity index (χ3v) is 11.1. The van der Waals surface area contributed by atoms with Crippen molar-refractivity contribution in [2.75, 3.05) is 0 Å². The molecule has 0 spiro atoms. The van der Waals surface area contributed by atoms with E-state index in [1.54, 1.807) is 0 Å². The maximum absolute atomic E-state index is 6.86. The fourth-order valence-corrected chi connectivity index (χ4v) is 8.44. The number of furan rings is 2. The molecule has 0 saturated heterocycles. The third kappa shape index (κ3) is 4.94. The third-order valence-electron chi connectivity index (χ3n) is 11.1. The van der Waals surface area contributed by atoms with Gasteiger partial charge < -0.3 is 13.4 Å². The van der Waals surface area contributed by atoms with E-state index in [0.717, 1.165) is 88.4 Å². The van der Waals surface area contributed by atoms with Crippen molar-refractivity contribution >= 4 is 65.7 Å². The van der Waals surface area contributed by atoms with E-state index in [-0.39, 0.29) is 0 Å². The number of benzene rings is 8. The fraction of sp³-hybridized carbons (Fsp3) is 0. The van der Waals surface area contributed by atoms with Gasteiger partial charge in [-0.3, -0.25) is 0 Å². The van der Waals surface area contributed by atoms with Crippen molar-refractivity contribution in [1.82, 2.24) is 19.5 Å². The van der Waals surface area contributed by atoms with Crippen LogP contribution in [-0.4, -0.2) is 19.5 Å². The van der Waals surface area contributed by atoms with Gasteiger partial charge >= 0.3 is 0 Å². The number of aromatic nitrogens is 4. The zero-order chi connectivity index (χ0) is 37.5. The van der Waals surface area contributed by atoms with E-state index in [9.17, 15) is 0 Å². The Morgan fingerprint density at radius 3 is 1.56 bits per heavy atom. The Morgan fingerprint density at radius 2 is 0.842 bits per heavy atom. The summed E-state index contributed by atoms with van der Waals surface area (Å²) in [7, 11) is 0. The van der Waals surface area contributed by atoms with Gasteiger partial charge in [0.1, 0.15) is 22.3 Å². The summed E-state index contributed by atoms with van der Waals surface area (Å²) in [6.45, 7) is 0. The molecule has 0 aliphatic rings. The van der Waals surface area contributed by atoms with Gasteiger partial charge in [-0.25, -0.2) is 15.0 Å². The van der Waals surface area contributed by atoms with Crippen LogP contribution in [0.1, 0.15) is 0 Å². The van der Waals surface area contributed by atoms with Crippen molar-refractivity contribution in [3.63, 3.8) is 0 Å². The van der Waals surface area contributed by atoms with E-state index in [4.69, 9.17) is 23.8 Å². The lowest BCUT2D eigenvalue weighted by Crippen LogP contribution is -2.00. The van der Waals surface area contributed by atoms with Gasteiger partial charge in [-0.15, -0.1) is 0 Å². The first-order valence-corrected chi connectivity index (χ1v) is 19.0. The number of rotatable bonds is 5. The van der Waals surface area contributed by atoms with E-state index in [2.05, 4.69) is 126 Å². The molecular formula is C51H30N4O2. The van der Waals surface area contributed by atoms with Crippen LogP contribution in [0, 0.1) is 0 Å². The molecule has 57 heavy (non-hydrogen) atoms. The normalized spacial score (nSPS) is 11.9.